The van der Waals surface area contributed by atoms with Crippen molar-refractivity contribution in [1.29, 1.82) is 0 Å². The van der Waals surface area contributed by atoms with Gasteiger partial charge >= 0.3 is 0 Å². The Bertz CT molecular complexity index is 620. The molecule has 1 unspecified atom stereocenters. The SMILES string of the molecule is CCNC(c1ccc(Cl)cc1C)c1c(Cl)cnn1C(C)C. The van der Waals surface area contributed by atoms with Gasteiger partial charge in [-0.2, -0.15) is 5.10 Å². The van der Waals surface area contributed by atoms with Gasteiger partial charge in [-0.05, 0) is 50.6 Å². The minimum atomic E-state index is 0.00432. The Kier molecular flexibility index (Phi) is 5.31. The summed E-state index contributed by atoms with van der Waals surface area (Å²) in [5.74, 6) is 0. The van der Waals surface area contributed by atoms with Crippen LogP contribution in [0.25, 0.3) is 0 Å². The molecule has 2 rings (SSSR count). The third-order valence-corrected chi connectivity index (χ3v) is 4.03. The van der Waals surface area contributed by atoms with Crippen molar-refractivity contribution in [3.8, 4) is 0 Å². The molecule has 1 heterocycles. The van der Waals surface area contributed by atoms with Crippen LogP contribution in [0.2, 0.25) is 10.0 Å². The summed E-state index contributed by atoms with van der Waals surface area (Å²) in [6.45, 7) is 9.19. The highest BCUT2D eigenvalue weighted by Crippen LogP contribution is 2.32. The lowest BCUT2D eigenvalue weighted by Gasteiger charge is -2.23. The number of aryl methyl sites for hydroxylation is 1. The number of nitrogens with one attached hydrogen (secondary N) is 1. The molecule has 0 amide bonds. The van der Waals surface area contributed by atoms with Crippen molar-refractivity contribution >= 4 is 23.2 Å². The van der Waals surface area contributed by atoms with Crippen LogP contribution in [0.3, 0.4) is 0 Å². The number of rotatable bonds is 5. The third kappa shape index (κ3) is 3.42. The Morgan fingerprint density at radius 2 is 2.00 bits per heavy atom. The highest BCUT2D eigenvalue weighted by atomic mass is 35.5. The highest BCUT2D eigenvalue weighted by molar-refractivity contribution is 6.31. The predicted molar refractivity (Wildman–Crippen MR) is 89.3 cm³/mol. The summed E-state index contributed by atoms with van der Waals surface area (Å²) in [5, 5.41) is 9.35. The molecule has 0 saturated heterocycles. The number of hydrogen-bond acceptors (Lipinski definition) is 2. The van der Waals surface area contributed by atoms with Gasteiger partial charge < -0.3 is 5.32 Å². The van der Waals surface area contributed by atoms with E-state index >= 15 is 0 Å². The monoisotopic (exact) mass is 325 g/mol. The summed E-state index contributed by atoms with van der Waals surface area (Å²) < 4.78 is 1.98. The average Bonchev–Trinajstić information content (AvgIpc) is 2.79. The molecule has 1 N–H and O–H groups in total. The van der Waals surface area contributed by atoms with E-state index in [1.54, 1.807) is 6.20 Å². The second-order valence-electron chi connectivity index (χ2n) is 5.41. The molecule has 0 bridgehead atoms. The van der Waals surface area contributed by atoms with E-state index in [4.69, 9.17) is 23.2 Å². The maximum atomic E-state index is 6.40. The molecule has 3 nitrogen and oxygen atoms in total. The van der Waals surface area contributed by atoms with Crippen LogP contribution in [0, 0.1) is 6.92 Å². The summed E-state index contributed by atoms with van der Waals surface area (Å²) in [6.07, 6.45) is 1.71. The topological polar surface area (TPSA) is 29.9 Å². The largest absolute Gasteiger partial charge is 0.305 e. The standard InChI is InChI=1S/C16H21Cl2N3/c1-5-19-15(13-7-6-12(17)8-11(13)4)16-14(18)9-20-21(16)10(2)3/h6-10,15,19H,5H2,1-4H3. The maximum absolute atomic E-state index is 6.40. The normalized spacial score (nSPS) is 12.9. The van der Waals surface area contributed by atoms with Crippen LogP contribution >= 0.6 is 23.2 Å². The highest BCUT2D eigenvalue weighted by Gasteiger charge is 2.24. The van der Waals surface area contributed by atoms with Gasteiger partial charge in [0, 0.05) is 11.1 Å². The molecule has 0 spiro atoms. The summed E-state index contributed by atoms with van der Waals surface area (Å²) in [4.78, 5) is 0. The van der Waals surface area contributed by atoms with Gasteiger partial charge in [0.15, 0.2) is 0 Å². The smallest absolute Gasteiger partial charge is 0.0837 e. The Hall–Kier alpha value is -1.03. The van der Waals surface area contributed by atoms with Crippen molar-refractivity contribution in [2.45, 2.75) is 39.8 Å². The van der Waals surface area contributed by atoms with Crippen LogP contribution in [0.4, 0.5) is 0 Å². The minimum absolute atomic E-state index is 0.00432. The fourth-order valence-corrected chi connectivity index (χ4v) is 3.02. The summed E-state index contributed by atoms with van der Waals surface area (Å²) in [6, 6.07) is 6.20. The molecule has 1 atom stereocenters. The molecule has 21 heavy (non-hydrogen) atoms. The van der Waals surface area contributed by atoms with Crippen LogP contribution in [-0.4, -0.2) is 16.3 Å². The van der Waals surface area contributed by atoms with E-state index < -0.39 is 0 Å². The van der Waals surface area contributed by atoms with Gasteiger partial charge in [-0.25, -0.2) is 0 Å². The van der Waals surface area contributed by atoms with Crippen molar-refractivity contribution in [2.75, 3.05) is 6.54 Å². The van der Waals surface area contributed by atoms with Gasteiger partial charge in [0.05, 0.1) is 23.0 Å². The van der Waals surface area contributed by atoms with E-state index in [9.17, 15) is 0 Å². The second kappa shape index (κ2) is 6.82. The fourth-order valence-electron chi connectivity index (χ4n) is 2.55. The van der Waals surface area contributed by atoms with E-state index in [2.05, 4.69) is 44.2 Å². The molecule has 0 fully saturated rings. The average molecular weight is 326 g/mol. The Balaban J connectivity index is 2.56. The lowest BCUT2D eigenvalue weighted by Crippen LogP contribution is -2.26. The lowest BCUT2D eigenvalue weighted by molar-refractivity contribution is 0.476. The van der Waals surface area contributed by atoms with E-state index in [1.165, 1.54) is 5.56 Å². The minimum Gasteiger partial charge on any atom is -0.305 e. The Labute approximate surface area is 136 Å². The third-order valence-electron chi connectivity index (χ3n) is 3.50. The van der Waals surface area contributed by atoms with E-state index in [0.717, 1.165) is 22.8 Å². The number of benzene rings is 1. The van der Waals surface area contributed by atoms with E-state index in [-0.39, 0.29) is 12.1 Å². The Morgan fingerprint density at radius 3 is 2.57 bits per heavy atom. The van der Waals surface area contributed by atoms with E-state index in [0.29, 0.717) is 5.02 Å². The first kappa shape index (κ1) is 16.3. The van der Waals surface area contributed by atoms with Crippen molar-refractivity contribution in [1.82, 2.24) is 15.1 Å². The van der Waals surface area contributed by atoms with Crippen molar-refractivity contribution in [3.63, 3.8) is 0 Å². The summed E-state index contributed by atoms with van der Waals surface area (Å²) in [7, 11) is 0. The summed E-state index contributed by atoms with van der Waals surface area (Å²) in [5.41, 5.74) is 3.31. The quantitative estimate of drug-likeness (QED) is 0.857. The molecule has 0 aliphatic carbocycles. The van der Waals surface area contributed by atoms with Crippen molar-refractivity contribution in [3.05, 3.63) is 51.3 Å². The molecule has 1 aromatic carbocycles. The van der Waals surface area contributed by atoms with Crippen molar-refractivity contribution in [2.24, 2.45) is 0 Å². The number of hydrogen-bond donors (Lipinski definition) is 1. The molecular weight excluding hydrogens is 305 g/mol. The molecule has 0 radical (unpaired) electrons. The van der Waals surface area contributed by atoms with E-state index in [1.807, 2.05) is 16.8 Å². The van der Waals surface area contributed by atoms with Crippen LogP contribution < -0.4 is 5.32 Å². The number of halogens is 2. The fraction of sp³-hybridized carbons (Fsp3) is 0.438. The van der Waals surface area contributed by atoms with Crippen LogP contribution in [0.5, 0.6) is 0 Å². The first-order valence-electron chi connectivity index (χ1n) is 7.18. The molecule has 1 aromatic heterocycles. The Morgan fingerprint density at radius 1 is 1.29 bits per heavy atom. The molecule has 0 aliphatic heterocycles. The van der Waals surface area contributed by atoms with Gasteiger partial charge in [-0.1, -0.05) is 36.2 Å². The van der Waals surface area contributed by atoms with Gasteiger partial charge in [0.2, 0.25) is 0 Å². The maximum Gasteiger partial charge on any atom is 0.0837 e. The zero-order valence-corrected chi connectivity index (χ0v) is 14.3. The number of aromatic nitrogens is 2. The first-order valence-corrected chi connectivity index (χ1v) is 7.93. The van der Waals surface area contributed by atoms with Crippen LogP contribution in [-0.2, 0) is 0 Å². The molecule has 0 aliphatic rings. The molecule has 0 saturated carbocycles. The van der Waals surface area contributed by atoms with Gasteiger partial charge in [0.25, 0.3) is 0 Å². The second-order valence-corrected chi connectivity index (χ2v) is 6.25. The molecule has 5 heteroatoms. The zero-order chi connectivity index (χ0) is 15.6. The predicted octanol–water partition coefficient (Wildman–Crippen LogP) is 4.78. The molecule has 114 valence electrons. The first-order chi connectivity index (χ1) is 9.95. The van der Waals surface area contributed by atoms with Crippen LogP contribution in [0.1, 0.15) is 49.7 Å². The van der Waals surface area contributed by atoms with Crippen molar-refractivity contribution < 1.29 is 0 Å². The van der Waals surface area contributed by atoms with Crippen LogP contribution in [0.15, 0.2) is 24.4 Å². The number of nitrogens with zero attached hydrogens (tertiary/aromatic N) is 2. The molecule has 2 aromatic rings. The zero-order valence-electron chi connectivity index (χ0n) is 12.8. The summed E-state index contributed by atoms with van der Waals surface area (Å²) >= 11 is 12.5. The van der Waals surface area contributed by atoms with Gasteiger partial charge in [-0.15, -0.1) is 0 Å². The lowest BCUT2D eigenvalue weighted by atomic mass is 9.98. The van der Waals surface area contributed by atoms with Gasteiger partial charge in [-0.3, -0.25) is 4.68 Å². The van der Waals surface area contributed by atoms with Gasteiger partial charge in [0.1, 0.15) is 0 Å². The molecular formula is C16H21Cl2N3.